The van der Waals surface area contributed by atoms with Gasteiger partial charge in [-0.1, -0.05) is 19.1 Å². The zero-order valence-corrected chi connectivity index (χ0v) is 12.0. The predicted octanol–water partition coefficient (Wildman–Crippen LogP) is 3.08. The predicted molar refractivity (Wildman–Crippen MR) is 75.3 cm³/mol. The van der Waals surface area contributed by atoms with Crippen LogP contribution in [0.15, 0.2) is 18.2 Å². The molecular formula is C15H25NO2. The van der Waals surface area contributed by atoms with Gasteiger partial charge in [0.1, 0.15) is 12.4 Å². The Hall–Kier alpha value is -1.06. The van der Waals surface area contributed by atoms with Crippen LogP contribution in [0.25, 0.3) is 0 Å². The zero-order valence-electron chi connectivity index (χ0n) is 12.0. The zero-order chi connectivity index (χ0) is 13.4. The molecule has 0 spiro atoms. The number of aryl methyl sites for hydroxylation is 1. The number of benzene rings is 1. The lowest BCUT2D eigenvalue weighted by Crippen LogP contribution is -2.12. The van der Waals surface area contributed by atoms with Crippen LogP contribution in [0.2, 0.25) is 0 Å². The van der Waals surface area contributed by atoms with E-state index >= 15 is 0 Å². The quantitative estimate of drug-likeness (QED) is 0.720. The smallest absolute Gasteiger partial charge is 0.122 e. The lowest BCUT2D eigenvalue weighted by Gasteiger charge is -2.14. The highest BCUT2D eigenvalue weighted by molar-refractivity contribution is 5.37. The molecule has 1 rings (SSSR count). The summed E-state index contributed by atoms with van der Waals surface area (Å²) in [5, 5.41) is 3.23. The number of ether oxygens (including phenoxy) is 2. The van der Waals surface area contributed by atoms with Crippen LogP contribution in [0.5, 0.6) is 5.75 Å². The van der Waals surface area contributed by atoms with E-state index in [0.29, 0.717) is 19.3 Å². The van der Waals surface area contributed by atoms with Gasteiger partial charge in [0.25, 0.3) is 0 Å². The maximum atomic E-state index is 5.71. The molecule has 0 amide bonds. The maximum absolute atomic E-state index is 5.71. The molecule has 102 valence electrons. The molecule has 0 aromatic heterocycles. The largest absolute Gasteiger partial charge is 0.491 e. The van der Waals surface area contributed by atoms with Gasteiger partial charge in [-0.05, 0) is 44.5 Å². The number of rotatable bonds is 8. The van der Waals surface area contributed by atoms with Gasteiger partial charge in [-0.25, -0.2) is 0 Å². The molecule has 0 fully saturated rings. The molecule has 1 aromatic carbocycles. The first-order chi connectivity index (χ1) is 8.69. The Labute approximate surface area is 110 Å². The van der Waals surface area contributed by atoms with E-state index in [2.05, 4.69) is 38.2 Å². The van der Waals surface area contributed by atoms with Crippen LogP contribution in [0.3, 0.4) is 0 Å². The second kappa shape index (κ2) is 8.11. The summed E-state index contributed by atoms with van der Waals surface area (Å²) in [6.07, 6.45) is 1.05. The highest BCUT2D eigenvalue weighted by Crippen LogP contribution is 2.22. The number of hydrogen-bond acceptors (Lipinski definition) is 3. The van der Waals surface area contributed by atoms with Crippen molar-refractivity contribution in [2.75, 3.05) is 26.9 Å². The van der Waals surface area contributed by atoms with E-state index in [1.54, 1.807) is 0 Å². The molecule has 0 saturated carbocycles. The summed E-state index contributed by atoms with van der Waals surface area (Å²) >= 11 is 0. The first-order valence-corrected chi connectivity index (χ1v) is 6.67. The van der Waals surface area contributed by atoms with E-state index in [4.69, 9.17) is 9.47 Å². The van der Waals surface area contributed by atoms with Crippen LogP contribution >= 0.6 is 0 Å². The van der Waals surface area contributed by atoms with Crippen LogP contribution in [0.4, 0.5) is 0 Å². The molecular weight excluding hydrogens is 226 g/mol. The molecule has 3 nitrogen and oxygen atoms in total. The SMILES string of the molecule is CCCOCCOc1ccc(C(C)NC)cc1C. The van der Waals surface area contributed by atoms with Crippen molar-refractivity contribution in [2.45, 2.75) is 33.2 Å². The monoisotopic (exact) mass is 251 g/mol. The Bertz CT molecular complexity index is 352. The Kier molecular flexibility index (Phi) is 6.76. The van der Waals surface area contributed by atoms with Crippen molar-refractivity contribution in [1.82, 2.24) is 5.32 Å². The molecule has 1 N–H and O–H groups in total. The molecule has 0 radical (unpaired) electrons. The summed E-state index contributed by atoms with van der Waals surface area (Å²) in [4.78, 5) is 0. The second-order valence-electron chi connectivity index (χ2n) is 4.50. The molecule has 0 heterocycles. The average molecular weight is 251 g/mol. The molecule has 3 heteroatoms. The third-order valence-corrected chi connectivity index (χ3v) is 2.97. The summed E-state index contributed by atoms with van der Waals surface area (Å²) < 4.78 is 11.1. The van der Waals surface area contributed by atoms with Gasteiger partial charge in [0, 0.05) is 12.6 Å². The highest BCUT2D eigenvalue weighted by atomic mass is 16.5. The molecule has 18 heavy (non-hydrogen) atoms. The average Bonchev–Trinajstić information content (AvgIpc) is 2.39. The molecule has 1 aromatic rings. The minimum Gasteiger partial charge on any atom is -0.491 e. The van der Waals surface area contributed by atoms with Gasteiger partial charge in [-0.2, -0.15) is 0 Å². The second-order valence-corrected chi connectivity index (χ2v) is 4.50. The summed E-state index contributed by atoms with van der Waals surface area (Å²) in [6.45, 7) is 8.40. The van der Waals surface area contributed by atoms with E-state index in [-0.39, 0.29) is 0 Å². The Morgan fingerprint density at radius 3 is 2.61 bits per heavy atom. The molecule has 1 atom stereocenters. The van der Waals surface area contributed by atoms with Crippen LogP contribution in [0, 0.1) is 6.92 Å². The number of nitrogens with one attached hydrogen (secondary N) is 1. The van der Waals surface area contributed by atoms with E-state index < -0.39 is 0 Å². The molecule has 0 aliphatic heterocycles. The molecule has 1 unspecified atom stereocenters. The minimum atomic E-state index is 0.366. The van der Waals surface area contributed by atoms with Crippen LogP contribution in [-0.2, 0) is 4.74 Å². The van der Waals surface area contributed by atoms with Gasteiger partial charge in [-0.15, -0.1) is 0 Å². The molecule has 0 bridgehead atoms. The van der Waals surface area contributed by atoms with Crippen molar-refractivity contribution in [3.05, 3.63) is 29.3 Å². The maximum Gasteiger partial charge on any atom is 0.122 e. The highest BCUT2D eigenvalue weighted by Gasteiger charge is 2.05. The first kappa shape index (κ1) is 15.0. The van der Waals surface area contributed by atoms with Crippen molar-refractivity contribution in [3.8, 4) is 5.75 Å². The van der Waals surface area contributed by atoms with Gasteiger partial charge < -0.3 is 14.8 Å². The van der Waals surface area contributed by atoms with E-state index in [9.17, 15) is 0 Å². The lowest BCUT2D eigenvalue weighted by molar-refractivity contribution is 0.100. The lowest BCUT2D eigenvalue weighted by atomic mass is 10.1. The summed E-state index contributed by atoms with van der Waals surface area (Å²) in [5.41, 5.74) is 2.45. The fourth-order valence-corrected chi connectivity index (χ4v) is 1.73. The Morgan fingerprint density at radius 1 is 1.22 bits per heavy atom. The van der Waals surface area contributed by atoms with E-state index in [0.717, 1.165) is 18.8 Å². The first-order valence-electron chi connectivity index (χ1n) is 6.67. The molecule has 0 aliphatic carbocycles. The Morgan fingerprint density at radius 2 is 2.00 bits per heavy atom. The van der Waals surface area contributed by atoms with Crippen molar-refractivity contribution in [3.63, 3.8) is 0 Å². The summed E-state index contributed by atoms with van der Waals surface area (Å²) in [6, 6.07) is 6.68. The molecule has 0 saturated heterocycles. The van der Waals surface area contributed by atoms with Crippen LogP contribution in [-0.4, -0.2) is 26.9 Å². The Balaban J connectivity index is 2.47. The fraction of sp³-hybridized carbons (Fsp3) is 0.600. The van der Waals surface area contributed by atoms with Gasteiger partial charge in [-0.3, -0.25) is 0 Å². The van der Waals surface area contributed by atoms with Crippen molar-refractivity contribution in [1.29, 1.82) is 0 Å². The van der Waals surface area contributed by atoms with Gasteiger partial charge in [0.2, 0.25) is 0 Å². The van der Waals surface area contributed by atoms with Crippen LogP contribution < -0.4 is 10.1 Å². The van der Waals surface area contributed by atoms with Gasteiger partial charge >= 0.3 is 0 Å². The standard InChI is InChI=1S/C15H25NO2/c1-5-8-17-9-10-18-15-7-6-14(11-12(15)2)13(3)16-4/h6-7,11,13,16H,5,8-10H2,1-4H3. The van der Waals surface area contributed by atoms with Crippen LogP contribution in [0.1, 0.15) is 37.4 Å². The fourth-order valence-electron chi connectivity index (χ4n) is 1.73. The van der Waals surface area contributed by atoms with Gasteiger partial charge in [0.15, 0.2) is 0 Å². The molecule has 0 aliphatic rings. The van der Waals surface area contributed by atoms with Gasteiger partial charge in [0.05, 0.1) is 6.61 Å². The topological polar surface area (TPSA) is 30.5 Å². The van der Waals surface area contributed by atoms with E-state index in [1.165, 1.54) is 11.1 Å². The van der Waals surface area contributed by atoms with Crippen molar-refractivity contribution >= 4 is 0 Å². The number of hydrogen-bond donors (Lipinski definition) is 1. The van der Waals surface area contributed by atoms with E-state index in [1.807, 2.05) is 13.1 Å². The summed E-state index contributed by atoms with van der Waals surface area (Å²) in [5.74, 6) is 0.946. The third-order valence-electron chi connectivity index (χ3n) is 2.97. The third kappa shape index (κ3) is 4.67. The normalized spacial score (nSPS) is 12.4. The van der Waals surface area contributed by atoms with Crippen molar-refractivity contribution < 1.29 is 9.47 Å². The van der Waals surface area contributed by atoms with Crippen molar-refractivity contribution in [2.24, 2.45) is 0 Å². The summed E-state index contributed by atoms with van der Waals surface area (Å²) in [7, 11) is 1.97. The minimum absolute atomic E-state index is 0.366.